The van der Waals surface area contributed by atoms with Crippen LogP contribution in [0.25, 0.3) is 0 Å². The molecular formula is C11H14N2O3. The molecule has 1 N–H and O–H groups in total. The van der Waals surface area contributed by atoms with Crippen molar-refractivity contribution in [1.82, 2.24) is 10.3 Å². The van der Waals surface area contributed by atoms with Crippen LogP contribution in [0.15, 0.2) is 12.3 Å². The van der Waals surface area contributed by atoms with Crippen molar-refractivity contribution in [3.63, 3.8) is 0 Å². The molecule has 1 fully saturated rings. The molecule has 1 saturated carbocycles. The lowest BCUT2D eigenvalue weighted by Gasteiger charge is -2.10. The predicted octanol–water partition coefficient (Wildman–Crippen LogP) is 0.991. The molecule has 0 bridgehead atoms. The SMILES string of the molecule is CNC(=O)c1cnc(OC)cc1OC1CC1. The van der Waals surface area contributed by atoms with Crippen LogP contribution in [0.5, 0.6) is 11.6 Å². The smallest absolute Gasteiger partial charge is 0.256 e. The van der Waals surface area contributed by atoms with Gasteiger partial charge < -0.3 is 14.8 Å². The van der Waals surface area contributed by atoms with Gasteiger partial charge in [-0.2, -0.15) is 0 Å². The van der Waals surface area contributed by atoms with Gasteiger partial charge in [-0.05, 0) is 12.8 Å². The highest BCUT2D eigenvalue weighted by atomic mass is 16.5. The maximum absolute atomic E-state index is 11.6. The third kappa shape index (κ3) is 2.24. The number of aromatic nitrogens is 1. The molecule has 1 aromatic heterocycles. The highest BCUT2D eigenvalue weighted by Crippen LogP contribution is 2.30. The molecule has 0 atom stereocenters. The largest absolute Gasteiger partial charge is 0.489 e. The lowest BCUT2D eigenvalue weighted by atomic mass is 10.2. The Morgan fingerprint density at radius 3 is 2.88 bits per heavy atom. The van der Waals surface area contributed by atoms with Crippen molar-refractivity contribution >= 4 is 5.91 Å². The molecule has 0 unspecified atom stereocenters. The van der Waals surface area contributed by atoms with Crippen molar-refractivity contribution in [2.75, 3.05) is 14.2 Å². The van der Waals surface area contributed by atoms with E-state index in [0.717, 1.165) is 12.8 Å². The van der Waals surface area contributed by atoms with E-state index in [0.29, 0.717) is 17.2 Å². The van der Waals surface area contributed by atoms with Gasteiger partial charge in [0.05, 0.1) is 18.8 Å². The number of hydrogen-bond acceptors (Lipinski definition) is 4. The fraction of sp³-hybridized carbons (Fsp3) is 0.455. The number of methoxy groups -OCH3 is 1. The Kier molecular flexibility index (Phi) is 2.94. The first-order valence-corrected chi connectivity index (χ1v) is 5.17. The van der Waals surface area contributed by atoms with Gasteiger partial charge in [0.2, 0.25) is 5.88 Å². The Balaban J connectivity index is 2.29. The standard InChI is InChI=1S/C11H14N2O3/c1-12-11(14)8-6-13-10(15-2)5-9(8)16-7-3-4-7/h5-7H,3-4H2,1-2H3,(H,12,14). The Hall–Kier alpha value is -1.78. The second-order valence-electron chi connectivity index (χ2n) is 3.62. The van der Waals surface area contributed by atoms with Crippen LogP contribution in [-0.2, 0) is 0 Å². The highest BCUT2D eigenvalue weighted by Gasteiger charge is 2.26. The normalized spacial score (nSPS) is 14.4. The van der Waals surface area contributed by atoms with E-state index in [1.54, 1.807) is 13.1 Å². The first kappa shape index (κ1) is 10.7. The highest BCUT2D eigenvalue weighted by molar-refractivity contribution is 5.96. The number of amides is 1. The second kappa shape index (κ2) is 4.38. The monoisotopic (exact) mass is 222 g/mol. The van der Waals surface area contributed by atoms with Crippen molar-refractivity contribution < 1.29 is 14.3 Å². The zero-order valence-electron chi connectivity index (χ0n) is 9.32. The van der Waals surface area contributed by atoms with Crippen LogP contribution in [0.1, 0.15) is 23.2 Å². The van der Waals surface area contributed by atoms with Crippen LogP contribution in [0.4, 0.5) is 0 Å². The number of nitrogens with one attached hydrogen (secondary N) is 1. The molecule has 5 heteroatoms. The predicted molar refractivity (Wildman–Crippen MR) is 57.8 cm³/mol. The Morgan fingerprint density at radius 1 is 1.56 bits per heavy atom. The number of nitrogens with zero attached hydrogens (tertiary/aromatic N) is 1. The molecule has 0 spiro atoms. The van der Waals surface area contributed by atoms with Crippen molar-refractivity contribution in [3.8, 4) is 11.6 Å². The molecule has 1 aliphatic rings. The zero-order valence-corrected chi connectivity index (χ0v) is 9.32. The minimum absolute atomic E-state index is 0.203. The number of rotatable bonds is 4. The second-order valence-corrected chi connectivity index (χ2v) is 3.62. The van der Waals surface area contributed by atoms with Crippen molar-refractivity contribution in [2.24, 2.45) is 0 Å². The first-order valence-electron chi connectivity index (χ1n) is 5.17. The molecule has 1 heterocycles. The molecule has 16 heavy (non-hydrogen) atoms. The van der Waals surface area contributed by atoms with Gasteiger partial charge in [0.15, 0.2) is 0 Å². The minimum Gasteiger partial charge on any atom is -0.489 e. The molecule has 0 radical (unpaired) electrons. The van der Waals surface area contributed by atoms with Crippen molar-refractivity contribution in [1.29, 1.82) is 0 Å². The fourth-order valence-electron chi connectivity index (χ4n) is 1.30. The molecule has 0 aliphatic heterocycles. The summed E-state index contributed by atoms with van der Waals surface area (Å²) in [5.74, 6) is 0.780. The van der Waals surface area contributed by atoms with Gasteiger partial charge in [0.1, 0.15) is 5.75 Å². The number of pyridine rings is 1. The van der Waals surface area contributed by atoms with Gasteiger partial charge in [-0.3, -0.25) is 4.79 Å². The van der Waals surface area contributed by atoms with Gasteiger partial charge >= 0.3 is 0 Å². The minimum atomic E-state index is -0.203. The van der Waals surface area contributed by atoms with E-state index in [1.807, 2.05) is 0 Å². The van der Waals surface area contributed by atoms with Crippen molar-refractivity contribution in [2.45, 2.75) is 18.9 Å². The molecule has 2 rings (SSSR count). The molecule has 1 aliphatic carbocycles. The van der Waals surface area contributed by atoms with E-state index >= 15 is 0 Å². The van der Waals surface area contributed by atoms with Gasteiger partial charge in [-0.25, -0.2) is 4.98 Å². The Bertz CT molecular complexity index is 402. The lowest BCUT2D eigenvalue weighted by Crippen LogP contribution is -2.19. The average molecular weight is 222 g/mol. The molecule has 86 valence electrons. The lowest BCUT2D eigenvalue weighted by molar-refractivity contribution is 0.0958. The summed E-state index contributed by atoms with van der Waals surface area (Å²) in [6, 6.07) is 1.64. The Labute approximate surface area is 93.8 Å². The zero-order chi connectivity index (χ0) is 11.5. The molecule has 1 amide bonds. The van der Waals surface area contributed by atoms with E-state index in [-0.39, 0.29) is 12.0 Å². The first-order chi connectivity index (χ1) is 7.74. The summed E-state index contributed by atoms with van der Waals surface area (Å²) in [7, 11) is 3.11. The number of ether oxygens (including phenoxy) is 2. The van der Waals surface area contributed by atoms with E-state index < -0.39 is 0 Å². The van der Waals surface area contributed by atoms with Crippen LogP contribution >= 0.6 is 0 Å². The number of hydrogen-bond donors (Lipinski definition) is 1. The van der Waals surface area contributed by atoms with E-state index in [9.17, 15) is 4.79 Å². The summed E-state index contributed by atoms with van der Waals surface area (Å²) in [4.78, 5) is 15.6. The average Bonchev–Trinajstić information content (AvgIpc) is 3.12. The number of carbonyl (C=O) groups is 1. The van der Waals surface area contributed by atoms with Crippen LogP contribution in [0.3, 0.4) is 0 Å². The molecule has 0 saturated heterocycles. The van der Waals surface area contributed by atoms with E-state index in [1.165, 1.54) is 13.3 Å². The van der Waals surface area contributed by atoms with Gasteiger partial charge in [0, 0.05) is 19.3 Å². The molecular weight excluding hydrogens is 208 g/mol. The van der Waals surface area contributed by atoms with Crippen LogP contribution < -0.4 is 14.8 Å². The van der Waals surface area contributed by atoms with Gasteiger partial charge in [0.25, 0.3) is 5.91 Å². The quantitative estimate of drug-likeness (QED) is 0.825. The summed E-state index contributed by atoms with van der Waals surface area (Å²) in [5.41, 5.74) is 0.440. The molecule has 0 aromatic carbocycles. The molecule has 5 nitrogen and oxygen atoms in total. The summed E-state index contributed by atoms with van der Waals surface area (Å²) in [6.07, 6.45) is 3.78. The van der Waals surface area contributed by atoms with Crippen LogP contribution in [-0.4, -0.2) is 31.2 Å². The summed E-state index contributed by atoms with van der Waals surface area (Å²) in [5, 5.41) is 2.55. The van der Waals surface area contributed by atoms with Crippen molar-refractivity contribution in [3.05, 3.63) is 17.8 Å². The fourth-order valence-corrected chi connectivity index (χ4v) is 1.30. The van der Waals surface area contributed by atoms with Crippen LogP contribution in [0, 0.1) is 0 Å². The summed E-state index contributed by atoms with van der Waals surface area (Å²) >= 11 is 0. The third-order valence-electron chi connectivity index (χ3n) is 2.34. The molecule has 1 aromatic rings. The summed E-state index contributed by atoms with van der Waals surface area (Å²) in [6.45, 7) is 0. The maximum atomic E-state index is 11.6. The van der Waals surface area contributed by atoms with Gasteiger partial charge in [-0.15, -0.1) is 0 Å². The van der Waals surface area contributed by atoms with E-state index in [4.69, 9.17) is 9.47 Å². The summed E-state index contributed by atoms with van der Waals surface area (Å²) < 4.78 is 10.6. The van der Waals surface area contributed by atoms with Crippen LogP contribution in [0.2, 0.25) is 0 Å². The topological polar surface area (TPSA) is 60.5 Å². The Morgan fingerprint density at radius 2 is 2.31 bits per heavy atom. The van der Waals surface area contributed by atoms with Gasteiger partial charge in [-0.1, -0.05) is 0 Å². The van der Waals surface area contributed by atoms with E-state index in [2.05, 4.69) is 10.3 Å². The maximum Gasteiger partial charge on any atom is 0.256 e. The third-order valence-corrected chi connectivity index (χ3v) is 2.34. The number of carbonyl (C=O) groups excluding carboxylic acids is 1.